The zero-order chi connectivity index (χ0) is 8.27. The van der Waals surface area contributed by atoms with Gasteiger partial charge in [0.2, 0.25) is 0 Å². The predicted molar refractivity (Wildman–Crippen MR) is 44.8 cm³/mol. The normalized spacial score (nSPS) is 39.0. The lowest BCUT2D eigenvalue weighted by atomic mass is 9.76. The molecule has 1 fully saturated rings. The van der Waals surface area contributed by atoms with E-state index in [0.717, 1.165) is 18.4 Å². The summed E-state index contributed by atoms with van der Waals surface area (Å²) < 4.78 is 0. The third-order valence-corrected chi connectivity index (χ3v) is 2.80. The van der Waals surface area contributed by atoms with E-state index in [1.165, 1.54) is 19.3 Å². The Hall–Kier alpha value is -0.0800. The zero-order valence-corrected chi connectivity index (χ0v) is 7.42. The van der Waals surface area contributed by atoms with Gasteiger partial charge in [0.1, 0.15) is 0 Å². The maximum Gasteiger partial charge on any atom is 0.0768 e. The largest absolute Gasteiger partial charge is 0.396 e. The topological polar surface area (TPSA) is 47.9 Å². The Morgan fingerprint density at radius 3 is 2.45 bits per heavy atom. The average Bonchev–Trinajstić information content (AvgIpc) is 2.03. The van der Waals surface area contributed by atoms with Gasteiger partial charge in [-0.2, -0.15) is 0 Å². The Balaban J connectivity index is 2.37. The van der Waals surface area contributed by atoms with Crippen molar-refractivity contribution in [1.29, 1.82) is 0 Å². The molecule has 0 amide bonds. The molecule has 1 aliphatic carbocycles. The van der Waals surface area contributed by atoms with E-state index in [-0.39, 0.29) is 0 Å². The highest BCUT2D eigenvalue weighted by Gasteiger charge is 2.25. The summed E-state index contributed by atoms with van der Waals surface area (Å²) in [5.41, 5.74) is 3.93. The van der Waals surface area contributed by atoms with Crippen molar-refractivity contribution in [2.24, 2.45) is 17.8 Å². The molecular formula is C9H20NO+. The van der Waals surface area contributed by atoms with Crippen LogP contribution in [-0.2, 0) is 0 Å². The molecular weight excluding hydrogens is 138 g/mol. The van der Waals surface area contributed by atoms with Crippen LogP contribution in [0.5, 0.6) is 0 Å². The van der Waals surface area contributed by atoms with E-state index >= 15 is 0 Å². The van der Waals surface area contributed by atoms with Gasteiger partial charge in [-0.05, 0) is 31.1 Å². The number of quaternary nitrogens is 1. The van der Waals surface area contributed by atoms with Crippen LogP contribution in [0.15, 0.2) is 0 Å². The molecule has 0 aromatic rings. The van der Waals surface area contributed by atoms with Crippen molar-refractivity contribution in [1.82, 2.24) is 0 Å². The van der Waals surface area contributed by atoms with Crippen molar-refractivity contribution >= 4 is 0 Å². The van der Waals surface area contributed by atoms with Crippen LogP contribution in [0, 0.1) is 17.8 Å². The van der Waals surface area contributed by atoms with Gasteiger partial charge in [-0.1, -0.05) is 6.92 Å². The standard InChI is InChI=1S/C9H19NO/c1-7-2-8(5-10)4-9(3-7)6-11/h7-9,11H,2-6,10H2,1H3/p+1/t7-,8+,9+/m0/s1. The number of aliphatic hydroxyl groups is 1. The van der Waals surface area contributed by atoms with Crippen molar-refractivity contribution in [3.05, 3.63) is 0 Å². The summed E-state index contributed by atoms with van der Waals surface area (Å²) in [6, 6.07) is 0. The molecule has 4 N–H and O–H groups in total. The molecule has 0 aromatic carbocycles. The molecule has 0 unspecified atom stereocenters. The molecule has 0 radical (unpaired) electrons. The second-order valence-electron chi connectivity index (χ2n) is 4.02. The van der Waals surface area contributed by atoms with Crippen molar-refractivity contribution in [2.45, 2.75) is 26.2 Å². The van der Waals surface area contributed by atoms with Crippen molar-refractivity contribution < 1.29 is 10.8 Å². The minimum absolute atomic E-state index is 0.376. The maximum atomic E-state index is 9.00. The van der Waals surface area contributed by atoms with E-state index < -0.39 is 0 Å². The first kappa shape index (κ1) is 9.01. The second kappa shape index (κ2) is 4.07. The van der Waals surface area contributed by atoms with Gasteiger partial charge in [0.15, 0.2) is 0 Å². The third-order valence-electron chi connectivity index (χ3n) is 2.80. The lowest BCUT2D eigenvalue weighted by Gasteiger charge is -2.30. The van der Waals surface area contributed by atoms with Crippen LogP contribution in [0.1, 0.15) is 26.2 Å². The van der Waals surface area contributed by atoms with E-state index in [2.05, 4.69) is 12.7 Å². The summed E-state index contributed by atoms with van der Waals surface area (Å²) in [6.07, 6.45) is 3.73. The molecule has 1 aliphatic rings. The fourth-order valence-corrected chi connectivity index (χ4v) is 2.28. The number of hydrogen-bond donors (Lipinski definition) is 2. The van der Waals surface area contributed by atoms with E-state index in [9.17, 15) is 0 Å². The van der Waals surface area contributed by atoms with Gasteiger partial charge in [0.05, 0.1) is 6.54 Å². The lowest BCUT2D eigenvalue weighted by molar-refractivity contribution is -0.381. The quantitative estimate of drug-likeness (QED) is 0.595. The SMILES string of the molecule is C[C@H]1C[C@@H](C[NH3+])C[C@H](CO)C1. The molecule has 0 spiro atoms. The van der Waals surface area contributed by atoms with Crippen molar-refractivity contribution in [3.63, 3.8) is 0 Å². The van der Waals surface area contributed by atoms with E-state index in [1.807, 2.05) is 0 Å². The highest BCUT2D eigenvalue weighted by molar-refractivity contribution is 4.75. The molecule has 66 valence electrons. The van der Waals surface area contributed by atoms with E-state index in [0.29, 0.717) is 12.5 Å². The van der Waals surface area contributed by atoms with Crippen LogP contribution < -0.4 is 5.73 Å². The smallest absolute Gasteiger partial charge is 0.0768 e. The van der Waals surface area contributed by atoms with Crippen LogP contribution in [0.2, 0.25) is 0 Å². The second-order valence-corrected chi connectivity index (χ2v) is 4.02. The van der Waals surface area contributed by atoms with Gasteiger partial charge >= 0.3 is 0 Å². The molecule has 3 atom stereocenters. The Labute approximate surface area is 68.8 Å². The summed E-state index contributed by atoms with van der Waals surface area (Å²) in [5.74, 6) is 2.13. The molecule has 1 saturated carbocycles. The van der Waals surface area contributed by atoms with E-state index in [1.54, 1.807) is 0 Å². The molecule has 2 nitrogen and oxygen atoms in total. The zero-order valence-electron chi connectivity index (χ0n) is 7.42. The lowest BCUT2D eigenvalue weighted by Crippen LogP contribution is -2.54. The first-order valence-electron chi connectivity index (χ1n) is 4.66. The Morgan fingerprint density at radius 2 is 1.91 bits per heavy atom. The monoisotopic (exact) mass is 158 g/mol. The molecule has 0 bridgehead atoms. The summed E-state index contributed by atoms with van der Waals surface area (Å²) in [6.45, 7) is 3.70. The van der Waals surface area contributed by atoms with Gasteiger partial charge in [-0.3, -0.25) is 0 Å². The summed E-state index contributed by atoms with van der Waals surface area (Å²) >= 11 is 0. The average molecular weight is 158 g/mol. The fourth-order valence-electron chi connectivity index (χ4n) is 2.28. The molecule has 0 heterocycles. The Morgan fingerprint density at radius 1 is 1.27 bits per heavy atom. The van der Waals surface area contributed by atoms with Gasteiger partial charge in [-0.25, -0.2) is 0 Å². The fraction of sp³-hybridized carbons (Fsp3) is 1.00. The van der Waals surface area contributed by atoms with Gasteiger partial charge in [0.25, 0.3) is 0 Å². The number of rotatable bonds is 2. The van der Waals surface area contributed by atoms with Crippen LogP contribution in [0.4, 0.5) is 0 Å². The van der Waals surface area contributed by atoms with Crippen LogP contribution in [-0.4, -0.2) is 18.3 Å². The maximum absolute atomic E-state index is 9.00. The summed E-state index contributed by atoms with van der Waals surface area (Å²) in [4.78, 5) is 0. The highest BCUT2D eigenvalue weighted by atomic mass is 16.3. The molecule has 11 heavy (non-hydrogen) atoms. The van der Waals surface area contributed by atoms with Crippen LogP contribution in [0.25, 0.3) is 0 Å². The first-order valence-corrected chi connectivity index (χ1v) is 4.66. The van der Waals surface area contributed by atoms with Crippen molar-refractivity contribution in [2.75, 3.05) is 13.2 Å². The van der Waals surface area contributed by atoms with Crippen LogP contribution >= 0.6 is 0 Å². The molecule has 1 rings (SSSR count). The van der Waals surface area contributed by atoms with Gasteiger partial charge in [-0.15, -0.1) is 0 Å². The minimum atomic E-state index is 0.376. The Kier molecular flexibility index (Phi) is 3.34. The summed E-state index contributed by atoms with van der Waals surface area (Å²) in [7, 11) is 0. The molecule has 0 saturated heterocycles. The van der Waals surface area contributed by atoms with Crippen LogP contribution in [0.3, 0.4) is 0 Å². The van der Waals surface area contributed by atoms with E-state index in [4.69, 9.17) is 5.11 Å². The van der Waals surface area contributed by atoms with Gasteiger partial charge < -0.3 is 10.8 Å². The number of hydrogen-bond acceptors (Lipinski definition) is 1. The first-order chi connectivity index (χ1) is 5.26. The van der Waals surface area contributed by atoms with Crippen molar-refractivity contribution in [3.8, 4) is 0 Å². The third kappa shape index (κ3) is 2.46. The Bertz CT molecular complexity index is 104. The molecule has 0 aliphatic heterocycles. The molecule has 2 heteroatoms. The highest BCUT2D eigenvalue weighted by Crippen LogP contribution is 2.31. The minimum Gasteiger partial charge on any atom is -0.396 e. The van der Waals surface area contributed by atoms with Gasteiger partial charge in [0, 0.05) is 12.5 Å². The summed E-state index contributed by atoms with van der Waals surface area (Å²) in [5, 5.41) is 9.00. The molecule has 0 aromatic heterocycles. The predicted octanol–water partition coefficient (Wildman–Crippen LogP) is 0.273. The number of aliphatic hydroxyl groups excluding tert-OH is 1.